The highest BCUT2D eigenvalue weighted by atomic mass is 32.2. The Balaban J connectivity index is 1.27. The van der Waals surface area contributed by atoms with Gasteiger partial charge in [-0.15, -0.1) is 0 Å². The second kappa shape index (κ2) is 10.3. The Morgan fingerprint density at radius 2 is 1.16 bits per heavy atom. The van der Waals surface area contributed by atoms with Crippen molar-refractivity contribution < 1.29 is 19.1 Å². The standard InChI is InChI=1S/C29H42N2O4S2/c1-26(2)18-8-10-28(26,5)20(14-18)22(36-16-30)24(32)34-12-7-13-35-25(33)23(37-17-31)21-15-19-9-11-29(21,6)27(19,3)4/h18-23H,7-15H2,1-6H3/t18-,19-,20?,21?,22?,23?,28-,29-/m1/s1. The van der Waals surface area contributed by atoms with Crippen LogP contribution in [0.2, 0.25) is 0 Å². The van der Waals surface area contributed by atoms with Crippen LogP contribution in [-0.2, 0) is 19.1 Å². The van der Waals surface area contributed by atoms with E-state index in [4.69, 9.17) is 9.47 Å². The van der Waals surface area contributed by atoms with Gasteiger partial charge < -0.3 is 9.47 Å². The molecule has 0 spiro atoms. The summed E-state index contributed by atoms with van der Waals surface area (Å²) < 4.78 is 11.2. The molecule has 0 N–H and O–H groups in total. The average molecular weight is 547 g/mol. The van der Waals surface area contributed by atoms with Crippen LogP contribution in [0.1, 0.15) is 86.5 Å². The number of thioether (sulfide) groups is 2. The third-order valence-corrected chi connectivity index (χ3v) is 13.8. The van der Waals surface area contributed by atoms with Crippen LogP contribution in [0.25, 0.3) is 0 Å². The Morgan fingerprint density at radius 1 is 0.784 bits per heavy atom. The Hall–Kier alpha value is -1.38. The van der Waals surface area contributed by atoms with Gasteiger partial charge in [0, 0.05) is 6.42 Å². The van der Waals surface area contributed by atoms with Gasteiger partial charge in [-0.3, -0.25) is 9.59 Å². The van der Waals surface area contributed by atoms with Crippen molar-refractivity contribution in [1.29, 1.82) is 10.5 Å². The molecule has 4 saturated carbocycles. The molecule has 4 unspecified atom stereocenters. The quantitative estimate of drug-likeness (QED) is 0.173. The number of nitrogens with zero attached hydrogens (tertiary/aromatic N) is 2. The largest absolute Gasteiger partial charge is 0.465 e. The number of thiocyanates is 2. The third-order valence-electron chi connectivity index (χ3n) is 12.1. The fourth-order valence-electron chi connectivity index (χ4n) is 8.72. The summed E-state index contributed by atoms with van der Waals surface area (Å²) in [6.07, 6.45) is 6.87. The van der Waals surface area contributed by atoms with Crippen molar-refractivity contribution in [2.45, 2.75) is 97.0 Å². The lowest BCUT2D eigenvalue weighted by Gasteiger charge is -2.41. The number of hydrogen-bond acceptors (Lipinski definition) is 8. The summed E-state index contributed by atoms with van der Waals surface area (Å²) in [5, 5.41) is 22.1. The van der Waals surface area contributed by atoms with Crippen LogP contribution < -0.4 is 0 Å². The van der Waals surface area contributed by atoms with E-state index in [9.17, 15) is 20.1 Å². The highest BCUT2D eigenvalue weighted by Crippen LogP contribution is 2.70. The van der Waals surface area contributed by atoms with E-state index in [1.54, 1.807) is 0 Å². The molecule has 37 heavy (non-hydrogen) atoms. The number of carbonyl (C=O) groups is 2. The van der Waals surface area contributed by atoms with E-state index in [-0.39, 0.29) is 58.6 Å². The molecular formula is C29H42N2O4S2. The molecule has 6 nitrogen and oxygen atoms in total. The van der Waals surface area contributed by atoms with Crippen LogP contribution in [0.5, 0.6) is 0 Å². The highest BCUT2D eigenvalue weighted by Gasteiger charge is 2.65. The van der Waals surface area contributed by atoms with E-state index in [2.05, 4.69) is 52.3 Å². The SMILES string of the molecule is CC1(C)[C@@H]2CC[C@]1(C)C(C(SC#N)C(=O)OCCCOC(=O)C(SC#N)C1C[C@H]3CC[C@@]1(C)C3(C)C)C2. The van der Waals surface area contributed by atoms with Crippen molar-refractivity contribution in [3.63, 3.8) is 0 Å². The van der Waals surface area contributed by atoms with Crippen LogP contribution in [0.15, 0.2) is 0 Å². The van der Waals surface area contributed by atoms with Crippen molar-refractivity contribution in [3.8, 4) is 10.8 Å². The lowest BCUT2D eigenvalue weighted by atomic mass is 9.66. The van der Waals surface area contributed by atoms with Crippen LogP contribution in [0.3, 0.4) is 0 Å². The molecule has 4 bridgehead atoms. The van der Waals surface area contributed by atoms with Crippen molar-refractivity contribution in [1.82, 2.24) is 0 Å². The molecule has 8 atom stereocenters. The van der Waals surface area contributed by atoms with Crippen LogP contribution >= 0.6 is 23.5 Å². The number of rotatable bonds is 10. The molecule has 4 rings (SSSR count). The number of ether oxygens (including phenoxy) is 2. The summed E-state index contributed by atoms with van der Waals surface area (Å²) in [5.74, 6) is 0.766. The molecule has 0 aliphatic heterocycles. The molecule has 0 saturated heterocycles. The average Bonchev–Trinajstić information content (AvgIpc) is 3.37. The smallest absolute Gasteiger partial charge is 0.320 e. The van der Waals surface area contributed by atoms with E-state index in [0.29, 0.717) is 18.3 Å². The highest BCUT2D eigenvalue weighted by molar-refractivity contribution is 8.05. The maximum Gasteiger partial charge on any atom is 0.320 e. The molecule has 0 aromatic carbocycles. The zero-order valence-electron chi connectivity index (χ0n) is 23.2. The van der Waals surface area contributed by atoms with Crippen molar-refractivity contribution >= 4 is 35.5 Å². The molecular weight excluding hydrogens is 504 g/mol. The van der Waals surface area contributed by atoms with Crippen molar-refractivity contribution in [3.05, 3.63) is 0 Å². The van der Waals surface area contributed by atoms with E-state index in [1.165, 1.54) is 12.8 Å². The second-order valence-electron chi connectivity index (χ2n) is 13.4. The minimum atomic E-state index is -0.486. The van der Waals surface area contributed by atoms with Crippen LogP contribution in [0, 0.1) is 66.7 Å². The van der Waals surface area contributed by atoms with Gasteiger partial charge in [-0.25, -0.2) is 0 Å². The lowest BCUT2D eigenvalue weighted by Crippen LogP contribution is -2.41. The first-order valence-corrected chi connectivity index (χ1v) is 15.5. The predicted octanol–water partition coefficient (Wildman–Crippen LogP) is 6.55. The third kappa shape index (κ3) is 4.49. The molecule has 0 heterocycles. The summed E-state index contributed by atoms with van der Waals surface area (Å²) in [5.41, 5.74) is 0.366. The topological polar surface area (TPSA) is 100 Å². The maximum absolute atomic E-state index is 13.0. The molecule has 0 amide bonds. The normalized spacial score (nSPS) is 37.9. The summed E-state index contributed by atoms with van der Waals surface area (Å²) >= 11 is 2.06. The van der Waals surface area contributed by atoms with Gasteiger partial charge in [0.15, 0.2) is 0 Å². The van der Waals surface area contributed by atoms with E-state index in [0.717, 1.165) is 49.2 Å². The van der Waals surface area contributed by atoms with Crippen LogP contribution in [-0.4, -0.2) is 35.7 Å². The van der Waals surface area contributed by atoms with Gasteiger partial charge in [0.1, 0.15) is 21.3 Å². The van der Waals surface area contributed by atoms with Crippen LogP contribution in [0.4, 0.5) is 0 Å². The van der Waals surface area contributed by atoms with Gasteiger partial charge in [-0.05, 0) is 107 Å². The van der Waals surface area contributed by atoms with Gasteiger partial charge in [-0.2, -0.15) is 10.5 Å². The first kappa shape index (κ1) is 28.6. The molecule has 4 fully saturated rings. The Bertz CT molecular complexity index is 923. The van der Waals surface area contributed by atoms with Gasteiger partial charge in [-0.1, -0.05) is 41.5 Å². The molecule has 4 aliphatic carbocycles. The van der Waals surface area contributed by atoms with Crippen molar-refractivity contribution in [2.75, 3.05) is 13.2 Å². The first-order chi connectivity index (χ1) is 17.3. The molecule has 8 heteroatoms. The fourth-order valence-corrected chi connectivity index (χ4v) is 10.4. The minimum absolute atomic E-state index is 0.0268. The summed E-state index contributed by atoms with van der Waals surface area (Å²) in [4.78, 5) is 26.1. The minimum Gasteiger partial charge on any atom is -0.465 e. The maximum atomic E-state index is 13.0. The first-order valence-electron chi connectivity index (χ1n) is 13.8. The summed E-state index contributed by atoms with van der Waals surface area (Å²) in [7, 11) is 0. The fraction of sp³-hybridized carbons (Fsp3) is 0.862. The number of carbonyl (C=O) groups excluding carboxylic acids is 2. The molecule has 0 aromatic rings. The van der Waals surface area contributed by atoms with Gasteiger partial charge in [0.2, 0.25) is 0 Å². The summed E-state index contributed by atoms with van der Waals surface area (Å²) in [6, 6.07) is 0. The van der Waals surface area contributed by atoms with E-state index >= 15 is 0 Å². The van der Waals surface area contributed by atoms with Gasteiger partial charge in [0.25, 0.3) is 0 Å². The molecule has 0 radical (unpaired) electrons. The lowest BCUT2D eigenvalue weighted by molar-refractivity contribution is -0.147. The Labute approximate surface area is 231 Å². The zero-order chi connectivity index (χ0) is 27.2. The molecule has 0 aromatic heterocycles. The number of esters is 2. The number of nitriles is 2. The second-order valence-corrected chi connectivity index (χ2v) is 15.2. The Morgan fingerprint density at radius 3 is 1.43 bits per heavy atom. The summed E-state index contributed by atoms with van der Waals surface area (Å²) in [6.45, 7) is 14.0. The van der Waals surface area contributed by atoms with Gasteiger partial charge in [0.05, 0.1) is 13.2 Å². The van der Waals surface area contributed by atoms with Gasteiger partial charge >= 0.3 is 11.9 Å². The number of fused-ring (bicyclic) bond motifs is 4. The number of hydrogen-bond donors (Lipinski definition) is 0. The van der Waals surface area contributed by atoms with E-state index < -0.39 is 10.5 Å². The molecule has 204 valence electrons. The molecule has 4 aliphatic rings. The predicted molar refractivity (Wildman–Crippen MR) is 146 cm³/mol. The monoisotopic (exact) mass is 546 g/mol. The Kier molecular flexibility index (Phi) is 7.97. The van der Waals surface area contributed by atoms with Crippen molar-refractivity contribution in [2.24, 2.45) is 45.3 Å². The zero-order valence-corrected chi connectivity index (χ0v) is 24.8. The van der Waals surface area contributed by atoms with E-state index in [1.807, 2.05) is 0 Å².